The summed E-state index contributed by atoms with van der Waals surface area (Å²) in [6, 6.07) is 14.6. The van der Waals surface area contributed by atoms with Crippen LogP contribution >= 0.6 is 0 Å². The molecule has 0 bridgehead atoms. The molecule has 2 N–H and O–H groups in total. The number of carbonyl (C=O) groups excluding carboxylic acids is 1. The second kappa shape index (κ2) is 6.63. The van der Waals surface area contributed by atoms with E-state index < -0.39 is 5.97 Å². The molecule has 1 saturated heterocycles. The number of hydrogen-bond acceptors (Lipinski definition) is 3. The molecule has 4 rings (SSSR count). The molecule has 6 heteroatoms. The topological polar surface area (TPSA) is 86.3 Å². The lowest BCUT2D eigenvalue weighted by Crippen LogP contribution is -2.39. The van der Waals surface area contributed by atoms with Crippen molar-refractivity contribution in [3.05, 3.63) is 65.6 Å². The maximum absolute atomic E-state index is 13.0. The van der Waals surface area contributed by atoms with Crippen LogP contribution in [0.3, 0.4) is 0 Å². The van der Waals surface area contributed by atoms with Gasteiger partial charge in [-0.1, -0.05) is 24.3 Å². The van der Waals surface area contributed by atoms with Gasteiger partial charge in [0, 0.05) is 17.8 Å². The summed E-state index contributed by atoms with van der Waals surface area (Å²) >= 11 is 0. The van der Waals surface area contributed by atoms with Crippen LogP contribution in [-0.4, -0.2) is 38.4 Å². The molecular formula is C20H19N3O3. The Kier molecular flexibility index (Phi) is 4.16. The number of aromatic carboxylic acids is 1. The van der Waals surface area contributed by atoms with Crippen molar-refractivity contribution in [1.82, 2.24) is 14.9 Å². The van der Waals surface area contributed by atoms with Crippen LogP contribution in [0.4, 0.5) is 0 Å². The Morgan fingerprint density at radius 2 is 1.88 bits per heavy atom. The highest BCUT2D eigenvalue weighted by Gasteiger charge is 2.30. The van der Waals surface area contributed by atoms with Gasteiger partial charge in [0.15, 0.2) is 0 Å². The minimum absolute atomic E-state index is 0.0565. The lowest BCUT2D eigenvalue weighted by Gasteiger charge is -2.35. The van der Waals surface area contributed by atoms with E-state index in [0.717, 1.165) is 35.9 Å². The molecule has 1 fully saturated rings. The number of aromatic nitrogens is 2. The van der Waals surface area contributed by atoms with Crippen molar-refractivity contribution in [3.8, 4) is 0 Å². The first-order valence-corrected chi connectivity index (χ1v) is 8.72. The molecule has 132 valence electrons. The van der Waals surface area contributed by atoms with E-state index in [1.54, 1.807) is 12.1 Å². The summed E-state index contributed by atoms with van der Waals surface area (Å²) in [5.41, 5.74) is 2.11. The number of nitrogens with one attached hydrogen (secondary N) is 1. The SMILES string of the molecule is O=C(O)c1cccc(C(=O)N2CCCCC2c2cc3ccccc3[nH]2)n1. The first-order valence-electron chi connectivity index (χ1n) is 8.72. The average molecular weight is 349 g/mol. The van der Waals surface area contributed by atoms with Crippen molar-refractivity contribution < 1.29 is 14.7 Å². The van der Waals surface area contributed by atoms with Crippen molar-refractivity contribution in [2.24, 2.45) is 0 Å². The molecular weight excluding hydrogens is 330 g/mol. The standard InChI is InChI=1S/C20H19N3O3/c24-19(15-8-5-9-16(22-15)20(25)26)23-11-4-3-10-18(23)17-12-13-6-1-2-7-14(13)21-17/h1-2,5-9,12,18,21H,3-4,10-11H2,(H,25,26). The summed E-state index contributed by atoms with van der Waals surface area (Å²) in [5, 5.41) is 10.2. The number of fused-ring (bicyclic) bond motifs is 1. The third-order valence-electron chi connectivity index (χ3n) is 4.86. The number of likely N-dealkylation sites (tertiary alicyclic amines) is 1. The Morgan fingerprint density at radius 1 is 1.08 bits per heavy atom. The second-order valence-electron chi connectivity index (χ2n) is 6.54. The Balaban J connectivity index is 1.67. The van der Waals surface area contributed by atoms with Gasteiger partial charge in [0.1, 0.15) is 11.4 Å². The molecule has 6 nitrogen and oxygen atoms in total. The van der Waals surface area contributed by atoms with Gasteiger partial charge in [-0.15, -0.1) is 0 Å². The van der Waals surface area contributed by atoms with Crippen LogP contribution < -0.4 is 0 Å². The van der Waals surface area contributed by atoms with E-state index in [9.17, 15) is 9.59 Å². The number of carboxylic acid groups (broad SMARTS) is 1. The van der Waals surface area contributed by atoms with Crippen molar-refractivity contribution in [2.45, 2.75) is 25.3 Å². The van der Waals surface area contributed by atoms with Crippen LogP contribution in [0.2, 0.25) is 0 Å². The van der Waals surface area contributed by atoms with Gasteiger partial charge in [0.2, 0.25) is 0 Å². The van der Waals surface area contributed by atoms with Gasteiger partial charge in [-0.05, 0) is 48.9 Å². The van der Waals surface area contributed by atoms with Crippen molar-refractivity contribution >= 4 is 22.8 Å². The average Bonchev–Trinajstić information content (AvgIpc) is 3.11. The fourth-order valence-corrected chi connectivity index (χ4v) is 3.59. The molecule has 3 aromatic rings. The number of carboxylic acids is 1. The van der Waals surface area contributed by atoms with Crippen LogP contribution in [0.1, 0.15) is 52.0 Å². The largest absolute Gasteiger partial charge is 0.477 e. The zero-order valence-corrected chi connectivity index (χ0v) is 14.2. The van der Waals surface area contributed by atoms with E-state index >= 15 is 0 Å². The van der Waals surface area contributed by atoms with Gasteiger partial charge < -0.3 is 15.0 Å². The number of benzene rings is 1. The predicted molar refractivity (Wildman–Crippen MR) is 97.1 cm³/mol. The molecule has 1 amide bonds. The fourth-order valence-electron chi connectivity index (χ4n) is 3.59. The third-order valence-corrected chi connectivity index (χ3v) is 4.86. The zero-order chi connectivity index (χ0) is 18.1. The van der Waals surface area contributed by atoms with E-state index in [2.05, 4.69) is 16.0 Å². The molecule has 26 heavy (non-hydrogen) atoms. The van der Waals surface area contributed by atoms with E-state index in [4.69, 9.17) is 5.11 Å². The van der Waals surface area contributed by atoms with Crippen molar-refractivity contribution in [2.75, 3.05) is 6.54 Å². The van der Waals surface area contributed by atoms with Crippen LogP contribution in [0.25, 0.3) is 10.9 Å². The van der Waals surface area contributed by atoms with Gasteiger partial charge in [0.25, 0.3) is 5.91 Å². The summed E-state index contributed by atoms with van der Waals surface area (Å²) < 4.78 is 0. The van der Waals surface area contributed by atoms with E-state index in [1.807, 2.05) is 29.2 Å². The summed E-state index contributed by atoms with van der Waals surface area (Å²) in [4.78, 5) is 33.4. The predicted octanol–water partition coefficient (Wildman–Crippen LogP) is 3.63. The van der Waals surface area contributed by atoms with Gasteiger partial charge in [-0.3, -0.25) is 4.79 Å². The minimum atomic E-state index is -1.13. The zero-order valence-electron chi connectivity index (χ0n) is 14.2. The first kappa shape index (κ1) is 16.3. The highest BCUT2D eigenvalue weighted by atomic mass is 16.4. The van der Waals surface area contributed by atoms with Crippen molar-refractivity contribution in [3.63, 3.8) is 0 Å². The van der Waals surface area contributed by atoms with Gasteiger partial charge in [0.05, 0.1) is 6.04 Å². The molecule has 3 heterocycles. The van der Waals surface area contributed by atoms with Crippen LogP contribution in [0.15, 0.2) is 48.5 Å². The minimum Gasteiger partial charge on any atom is -0.477 e. The van der Waals surface area contributed by atoms with Crippen LogP contribution in [-0.2, 0) is 0 Å². The molecule has 1 aliphatic rings. The number of rotatable bonds is 3. The van der Waals surface area contributed by atoms with E-state index in [1.165, 1.54) is 6.07 Å². The number of piperidine rings is 1. The second-order valence-corrected chi connectivity index (χ2v) is 6.54. The van der Waals surface area contributed by atoms with Crippen LogP contribution in [0.5, 0.6) is 0 Å². The van der Waals surface area contributed by atoms with Crippen LogP contribution in [0, 0.1) is 0 Å². The lowest BCUT2D eigenvalue weighted by atomic mass is 9.98. The summed E-state index contributed by atoms with van der Waals surface area (Å²) in [7, 11) is 0. The Hall–Kier alpha value is -3.15. The summed E-state index contributed by atoms with van der Waals surface area (Å²) in [6.45, 7) is 0.637. The highest BCUT2D eigenvalue weighted by Crippen LogP contribution is 2.33. The Morgan fingerprint density at radius 3 is 2.69 bits per heavy atom. The number of aromatic amines is 1. The molecule has 0 radical (unpaired) electrons. The molecule has 0 aliphatic carbocycles. The first-order chi connectivity index (χ1) is 12.6. The Bertz CT molecular complexity index is 946. The van der Waals surface area contributed by atoms with Gasteiger partial charge >= 0.3 is 5.97 Å². The maximum atomic E-state index is 13.0. The molecule has 1 aromatic carbocycles. The number of carbonyl (C=O) groups is 2. The number of para-hydroxylation sites is 1. The lowest BCUT2D eigenvalue weighted by molar-refractivity contribution is 0.0600. The normalized spacial score (nSPS) is 17.4. The highest BCUT2D eigenvalue weighted by molar-refractivity contribution is 5.94. The monoisotopic (exact) mass is 349 g/mol. The number of H-pyrrole nitrogens is 1. The molecule has 0 saturated carbocycles. The number of amides is 1. The van der Waals surface area contributed by atoms with Gasteiger partial charge in [-0.2, -0.15) is 0 Å². The Labute approximate surface area is 150 Å². The van der Waals surface area contributed by atoms with Crippen molar-refractivity contribution in [1.29, 1.82) is 0 Å². The maximum Gasteiger partial charge on any atom is 0.354 e. The quantitative estimate of drug-likeness (QED) is 0.756. The summed E-state index contributed by atoms with van der Waals surface area (Å²) in [6.07, 6.45) is 2.85. The number of nitrogens with zero attached hydrogens (tertiary/aromatic N) is 2. The molecule has 0 spiro atoms. The van der Waals surface area contributed by atoms with Gasteiger partial charge in [-0.25, -0.2) is 9.78 Å². The molecule has 2 aromatic heterocycles. The fraction of sp³-hybridized carbons (Fsp3) is 0.250. The number of hydrogen-bond donors (Lipinski definition) is 2. The summed E-state index contributed by atoms with van der Waals surface area (Å²) in [5.74, 6) is -1.36. The molecule has 1 atom stereocenters. The van der Waals surface area contributed by atoms with E-state index in [-0.39, 0.29) is 23.3 Å². The molecule has 1 unspecified atom stereocenters. The molecule has 1 aliphatic heterocycles. The third kappa shape index (κ3) is 2.94. The number of pyridine rings is 1. The smallest absolute Gasteiger partial charge is 0.354 e. The van der Waals surface area contributed by atoms with E-state index in [0.29, 0.717) is 6.54 Å².